The Morgan fingerprint density at radius 3 is 2.20 bits per heavy atom. The van der Waals surface area contributed by atoms with Gasteiger partial charge in [-0.1, -0.05) is 42.5 Å². The zero-order valence-corrected chi connectivity index (χ0v) is 11.6. The maximum atomic E-state index is 5.56. The van der Waals surface area contributed by atoms with Crippen molar-refractivity contribution in [1.82, 2.24) is 4.98 Å². The average molecular weight is 264 g/mol. The second kappa shape index (κ2) is 5.21. The first-order chi connectivity index (χ1) is 9.75. The number of anilines is 1. The molecule has 3 heteroatoms. The molecule has 2 aromatic carbocycles. The zero-order valence-electron chi connectivity index (χ0n) is 11.6. The SMILES string of the molecule is CN(C)c1ccc(-c2ncoc2-c2ccccc2)cc1. The van der Waals surface area contributed by atoms with Crippen LogP contribution in [-0.4, -0.2) is 19.1 Å². The molecule has 100 valence electrons. The number of oxazole rings is 1. The van der Waals surface area contributed by atoms with Gasteiger partial charge in [0.05, 0.1) is 0 Å². The van der Waals surface area contributed by atoms with E-state index in [0.717, 1.165) is 22.6 Å². The largest absolute Gasteiger partial charge is 0.443 e. The summed E-state index contributed by atoms with van der Waals surface area (Å²) >= 11 is 0. The number of nitrogens with zero attached hydrogens (tertiary/aromatic N) is 2. The topological polar surface area (TPSA) is 29.3 Å². The quantitative estimate of drug-likeness (QED) is 0.714. The molecule has 20 heavy (non-hydrogen) atoms. The Morgan fingerprint density at radius 2 is 1.55 bits per heavy atom. The fourth-order valence-corrected chi connectivity index (χ4v) is 2.16. The molecular weight excluding hydrogens is 248 g/mol. The molecule has 3 rings (SSSR count). The standard InChI is InChI=1S/C17H16N2O/c1-19(2)15-10-8-13(9-11-15)16-17(20-12-18-16)14-6-4-3-5-7-14/h3-12H,1-2H3. The van der Waals surface area contributed by atoms with E-state index in [2.05, 4.69) is 34.1 Å². The summed E-state index contributed by atoms with van der Waals surface area (Å²) in [6, 6.07) is 18.3. The van der Waals surface area contributed by atoms with Crippen molar-refractivity contribution in [2.24, 2.45) is 0 Å². The Balaban J connectivity index is 2.01. The van der Waals surface area contributed by atoms with Crippen LogP contribution in [0.3, 0.4) is 0 Å². The van der Waals surface area contributed by atoms with Crippen molar-refractivity contribution >= 4 is 5.69 Å². The third kappa shape index (κ3) is 2.30. The highest BCUT2D eigenvalue weighted by Crippen LogP contribution is 2.31. The fourth-order valence-electron chi connectivity index (χ4n) is 2.16. The van der Waals surface area contributed by atoms with E-state index >= 15 is 0 Å². The summed E-state index contributed by atoms with van der Waals surface area (Å²) in [5.74, 6) is 0.809. The first-order valence-electron chi connectivity index (χ1n) is 6.52. The van der Waals surface area contributed by atoms with Gasteiger partial charge in [0.1, 0.15) is 5.69 Å². The van der Waals surface area contributed by atoms with Gasteiger partial charge in [0.2, 0.25) is 0 Å². The minimum atomic E-state index is 0.809. The number of rotatable bonds is 3. The lowest BCUT2D eigenvalue weighted by Gasteiger charge is -2.12. The second-order valence-electron chi connectivity index (χ2n) is 4.84. The van der Waals surface area contributed by atoms with Crippen LogP contribution in [0.5, 0.6) is 0 Å². The molecule has 0 aliphatic heterocycles. The molecule has 0 atom stereocenters. The lowest BCUT2D eigenvalue weighted by molar-refractivity contribution is 0.572. The highest BCUT2D eigenvalue weighted by atomic mass is 16.3. The van der Waals surface area contributed by atoms with E-state index in [0.29, 0.717) is 0 Å². The normalized spacial score (nSPS) is 10.5. The second-order valence-corrected chi connectivity index (χ2v) is 4.84. The van der Waals surface area contributed by atoms with Crippen molar-refractivity contribution < 1.29 is 4.42 Å². The molecule has 1 heterocycles. The van der Waals surface area contributed by atoms with Crippen LogP contribution in [0.4, 0.5) is 5.69 Å². The molecule has 3 nitrogen and oxygen atoms in total. The third-order valence-electron chi connectivity index (χ3n) is 3.26. The summed E-state index contributed by atoms with van der Waals surface area (Å²) in [5.41, 5.74) is 4.14. The smallest absolute Gasteiger partial charge is 0.182 e. The van der Waals surface area contributed by atoms with Crippen molar-refractivity contribution in [3.8, 4) is 22.6 Å². The summed E-state index contributed by atoms with van der Waals surface area (Å²) in [5, 5.41) is 0. The molecule has 3 aromatic rings. The van der Waals surface area contributed by atoms with Crippen LogP contribution < -0.4 is 4.90 Å². The van der Waals surface area contributed by atoms with Gasteiger partial charge in [-0.15, -0.1) is 0 Å². The van der Waals surface area contributed by atoms with Crippen LogP contribution >= 0.6 is 0 Å². The van der Waals surface area contributed by atoms with Gasteiger partial charge in [0.15, 0.2) is 12.2 Å². The first kappa shape index (κ1) is 12.5. The minimum absolute atomic E-state index is 0.809. The maximum absolute atomic E-state index is 5.56. The van der Waals surface area contributed by atoms with Gasteiger partial charge < -0.3 is 9.32 Å². The summed E-state index contributed by atoms with van der Waals surface area (Å²) in [4.78, 5) is 6.43. The van der Waals surface area contributed by atoms with Crippen molar-refractivity contribution in [2.75, 3.05) is 19.0 Å². The molecule has 0 N–H and O–H groups in total. The highest BCUT2D eigenvalue weighted by molar-refractivity contribution is 5.77. The van der Waals surface area contributed by atoms with Gasteiger partial charge >= 0.3 is 0 Å². The van der Waals surface area contributed by atoms with E-state index in [4.69, 9.17) is 4.42 Å². The monoisotopic (exact) mass is 264 g/mol. The summed E-state index contributed by atoms with van der Waals surface area (Å²) in [7, 11) is 4.06. The van der Waals surface area contributed by atoms with E-state index in [1.54, 1.807) is 0 Å². The molecule has 0 saturated carbocycles. The van der Waals surface area contributed by atoms with Gasteiger partial charge in [-0.2, -0.15) is 0 Å². The molecule has 0 amide bonds. The Hall–Kier alpha value is -2.55. The Morgan fingerprint density at radius 1 is 0.850 bits per heavy atom. The minimum Gasteiger partial charge on any atom is -0.443 e. The molecule has 0 fully saturated rings. The van der Waals surface area contributed by atoms with E-state index in [9.17, 15) is 0 Å². The lowest BCUT2D eigenvalue weighted by atomic mass is 10.1. The third-order valence-corrected chi connectivity index (χ3v) is 3.26. The summed E-state index contributed by atoms with van der Waals surface area (Å²) in [6.07, 6.45) is 1.50. The van der Waals surface area contributed by atoms with Crippen molar-refractivity contribution in [3.63, 3.8) is 0 Å². The van der Waals surface area contributed by atoms with E-state index in [1.165, 1.54) is 12.1 Å². The van der Waals surface area contributed by atoms with Crippen LogP contribution in [0.1, 0.15) is 0 Å². The highest BCUT2D eigenvalue weighted by Gasteiger charge is 2.12. The molecule has 1 aromatic heterocycles. The van der Waals surface area contributed by atoms with Crippen LogP contribution in [0, 0.1) is 0 Å². The van der Waals surface area contributed by atoms with E-state index in [-0.39, 0.29) is 0 Å². The number of hydrogen-bond donors (Lipinski definition) is 0. The van der Waals surface area contributed by atoms with Crippen molar-refractivity contribution in [2.45, 2.75) is 0 Å². The number of hydrogen-bond acceptors (Lipinski definition) is 3. The number of benzene rings is 2. The van der Waals surface area contributed by atoms with Gasteiger partial charge in [-0.25, -0.2) is 4.98 Å². The van der Waals surface area contributed by atoms with E-state index in [1.807, 2.05) is 44.4 Å². The molecule has 0 aliphatic rings. The van der Waals surface area contributed by atoms with Crippen LogP contribution in [0.15, 0.2) is 65.4 Å². The average Bonchev–Trinajstić information content (AvgIpc) is 2.97. The predicted molar refractivity (Wildman–Crippen MR) is 81.7 cm³/mol. The summed E-state index contributed by atoms with van der Waals surface area (Å²) < 4.78 is 5.56. The number of aromatic nitrogens is 1. The fraction of sp³-hybridized carbons (Fsp3) is 0.118. The van der Waals surface area contributed by atoms with Crippen molar-refractivity contribution in [3.05, 3.63) is 61.0 Å². The first-order valence-corrected chi connectivity index (χ1v) is 6.52. The van der Waals surface area contributed by atoms with Gasteiger partial charge in [-0.05, 0) is 12.1 Å². The summed E-state index contributed by atoms with van der Waals surface area (Å²) in [6.45, 7) is 0. The van der Waals surface area contributed by atoms with E-state index < -0.39 is 0 Å². The van der Waals surface area contributed by atoms with Gasteiger partial charge in [0.25, 0.3) is 0 Å². The Labute approximate surface area is 118 Å². The van der Waals surface area contributed by atoms with Gasteiger partial charge in [0, 0.05) is 30.9 Å². The Kier molecular flexibility index (Phi) is 3.25. The van der Waals surface area contributed by atoms with Crippen LogP contribution in [-0.2, 0) is 0 Å². The lowest BCUT2D eigenvalue weighted by Crippen LogP contribution is -2.07. The zero-order chi connectivity index (χ0) is 13.9. The molecule has 0 bridgehead atoms. The molecule has 0 radical (unpaired) electrons. The van der Waals surface area contributed by atoms with Gasteiger partial charge in [-0.3, -0.25) is 0 Å². The molecule has 0 unspecified atom stereocenters. The van der Waals surface area contributed by atoms with Crippen LogP contribution in [0.2, 0.25) is 0 Å². The molecular formula is C17H16N2O. The molecule has 0 saturated heterocycles. The maximum Gasteiger partial charge on any atom is 0.182 e. The predicted octanol–water partition coefficient (Wildman–Crippen LogP) is 4.07. The Bertz CT molecular complexity index is 685. The molecule has 0 aliphatic carbocycles. The van der Waals surface area contributed by atoms with Crippen molar-refractivity contribution in [1.29, 1.82) is 0 Å². The van der Waals surface area contributed by atoms with Crippen LogP contribution in [0.25, 0.3) is 22.6 Å². The molecule has 0 spiro atoms.